The minimum Gasteiger partial charge on any atom is -0.497 e. The normalized spacial score (nSPS) is 14.3. The number of hydrogen-bond acceptors (Lipinski definition) is 25. The fourth-order valence-corrected chi connectivity index (χ4v) is 16.5. The van der Waals surface area contributed by atoms with Gasteiger partial charge in [-0.1, -0.05) is 137 Å². The van der Waals surface area contributed by atoms with Crippen LogP contribution in [0, 0.1) is 40.4 Å². The molecule has 3 saturated carbocycles. The van der Waals surface area contributed by atoms with Crippen LogP contribution in [0.5, 0.6) is 11.5 Å². The highest BCUT2D eigenvalue weighted by Crippen LogP contribution is 2.40. The Hall–Kier alpha value is -13.3. The van der Waals surface area contributed by atoms with Gasteiger partial charge in [0.15, 0.2) is 0 Å². The predicted octanol–water partition coefficient (Wildman–Crippen LogP) is 24.1. The summed E-state index contributed by atoms with van der Waals surface area (Å²) < 4.78 is 97.8. The summed E-state index contributed by atoms with van der Waals surface area (Å²) >= 11 is 18.0. The topological polar surface area (TPSA) is 400 Å². The van der Waals surface area contributed by atoms with Gasteiger partial charge in [0, 0.05) is 120 Å². The highest BCUT2D eigenvalue weighted by molar-refractivity contribution is 6.31. The molecule has 9 heterocycles. The first kappa shape index (κ1) is 106. The van der Waals surface area contributed by atoms with Crippen molar-refractivity contribution in [2.75, 3.05) is 80.8 Å². The number of benzene rings is 7. The molecule has 25 nitrogen and oxygen atoms in total. The minimum absolute atomic E-state index is 0.00805. The van der Waals surface area contributed by atoms with Crippen LogP contribution in [0.3, 0.4) is 0 Å². The third-order valence-electron chi connectivity index (χ3n) is 23.4. The molecule has 142 heavy (non-hydrogen) atoms. The van der Waals surface area contributed by atoms with Crippen LogP contribution in [0.25, 0.3) is 78.8 Å². The maximum atomic E-state index is 12.8. The van der Waals surface area contributed by atoms with Crippen molar-refractivity contribution in [3.63, 3.8) is 0 Å². The summed E-state index contributed by atoms with van der Waals surface area (Å²) in [6, 6.07) is 62.1. The summed E-state index contributed by atoms with van der Waals surface area (Å²) in [7, 11) is 3.31. The SMILES string of the molecule is CC(C)(C)Cc1cc(-c2cccc(C(F)(F)F)c2)nc(N)n1.COc1ccc(-c2cc(CC(C)(C)C)nc(N)n2)cc1.COc1ccc(-c2cc(CC3CC3)nc(N)n2)cc1.Nc1nc(CC2CC2)cc(-c2cccc(C(F)(F)F)c2)n1.Nc1nc(CC2CC2)cc(-c2cccc(Cl)c2)n1.Nc1nc(CC2CCOCC2)cc(-c2ccc(Cl)cc2)n1.Nc1nc(CC2CCOCC2)cc(-c2cccc(Cl)c2)n1. The summed E-state index contributed by atoms with van der Waals surface area (Å²) in [5.74, 6) is 6.89. The Morgan fingerprint density at radius 1 is 0.268 bits per heavy atom. The quantitative estimate of drug-likeness (QED) is 0.0329. The Balaban J connectivity index is 0.000000139. The third-order valence-corrected chi connectivity index (χ3v) is 24.1. The van der Waals surface area contributed by atoms with Crippen molar-refractivity contribution < 1.29 is 45.3 Å². The van der Waals surface area contributed by atoms with Gasteiger partial charge < -0.3 is 59.1 Å². The van der Waals surface area contributed by atoms with E-state index in [0.29, 0.717) is 97.2 Å². The molecule has 14 aromatic rings. The number of anilines is 7. The van der Waals surface area contributed by atoms with Crippen LogP contribution >= 0.6 is 34.8 Å². The zero-order valence-corrected chi connectivity index (χ0v) is 83.0. The van der Waals surface area contributed by atoms with Crippen LogP contribution in [0.15, 0.2) is 212 Å². The largest absolute Gasteiger partial charge is 0.497 e. The minimum atomic E-state index is -4.39. The summed E-state index contributed by atoms with van der Waals surface area (Å²) in [5.41, 5.74) is 56.6. The van der Waals surface area contributed by atoms with Gasteiger partial charge in [0.25, 0.3) is 0 Å². The van der Waals surface area contributed by atoms with Gasteiger partial charge in [-0.15, -0.1) is 0 Å². The van der Waals surface area contributed by atoms with Crippen molar-refractivity contribution in [1.29, 1.82) is 0 Å². The lowest BCUT2D eigenvalue weighted by Crippen LogP contribution is -2.18. The molecule has 19 rings (SSSR count). The van der Waals surface area contributed by atoms with Crippen LogP contribution in [0.1, 0.15) is 157 Å². The average Bonchev–Trinajstić information content (AvgIpc) is 1.84. The van der Waals surface area contributed by atoms with E-state index >= 15 is 0 Å². The van der Waals surface area contributed by atoms with E-state index in [4.69, 9.17) is 93.9 Å². The summed E-state index contributed by atoms with van der Waals surface area (Å²) in [4.78, 5) is 59.7. The van der Waals surface area contributed by atoms with E-state index in [-0.39, 0.29) is 22.7 Å². The number of nitrogens with zero attached hydrogens (tertiary/aromatic N) is 14. The Bertz CT molecular complexity index is 6520. The Kier molecular flexibility index (Phi) is 36.5. The molecule has 0 unspecified atom stereocenters. The number of aromatic nitrogens is 14. The van der Waals surface area contributed by atoms with Gasteiger partial charge >= 0.3 is 12.4 Å². The second-order valence-corrected chi connectivity index (χ2v) is 39.6. The Labute approximate surface area is 839 Å². The number of ether oxygens (including phenoxy) is 4. The second-order valence-electron chi connectivity index (χ2n) is 38.3. The molecule has 744 valence electrons. The molecule has 7 aromatic heterocycles. The molecule has 0 spiro atoms. The molecule has 2 saturated heterocycles. The number of nitrogens with two attached hydrogens (primary N) is 7. The lowest BCUT2D eigenvalue weighted by atomic mass is 9.90. The molecule has 0 bridgehead atoms. The molecule has 34 heteroatoms. The van der Waals surface area contributed by atoms with Crippen LogP contribution in [0.2, 0.25) is 15.1 Å². The Morgan fingerprint density at radius 3 is 0.732 bits per heavy atom. The molecule has 2 aliphatic heterocycles. The van der Waals surface area contributed by atoms with Gasteiger partial charge in [-0.05, 0) is 301 Å². The predicted molar refractivity (Wildman–Crippen MR) is 551 cm³/mol. The molecule has 14 N–H and O–H groups in total. The standard InChI is InChI=1S/2C16H18ClN3O.C16H18F3N3.C16H21N3O.C15H14F3N3.C15H17N3O.C14H14ClN3/c17-13-3-1-12(2-4-13)15-10-14(19-16(18)20-15)9-11-5-7-21-8-6-11;17-13-3-1-2-12(9-13)15-10-14(19-16(18)20-15)8-11-4-6-21-7-5-11;1-15(2,3)9-12-8-13(22-14(20)21-12)10-5-4-6-11(7-10)16(17,18)19;1-16(2,3)10-12-9-14(19-15(17)18-12)11-5-7-13(20-4)8-6-11;16-15(17,18)11-3-1-2-10(7-11)13-8-12(6-9-4-5-9)20-14(19)21-13;1-19-13-6-4-11(5-7-13)14-9-12(8-10-2-3-10)17-15(16)18-14;15-11-3-1-2-10(7-11)13-8-12(6-9-4-5-9)17-14(16)18-13/h1-4,10-11H,5-9H2,(H2,18,19,20);1-3,9-11H,4-8H2,(H2,18,19,20);4-8H,9H2,1-3H3,(H2,20,21,22);5-9H,10H2,1-4H3,(H2,17,18,19);1-3,7-9H,4-6H2,(H2,19,20,21);4-7,9-10H,2-3,8H2,1H3,(H2,16,17,18);1-3,7-9H,4-6H2,(H2,16,17,18). The molecular weight excluding hydrogens is 1880 g/mol. The summed E-state index contributed by atoms with van der Waals surface area (Å²) in [5, 5.41) is 2.10. The van der Waals surface area contributed by atoms with Crippen LogP contribution in [-0.4, -0.2) is 110 Å². The summed E-state index contributed by atoms with van der Waals surface area (Å²) in [6.07, 6.45) is 9.31. The number of nitrogen functional groups attached to an aromatic ring is 7. The van der Waals surface area contributed by atoms with Crippen molar-refractivity contribution in [1.82, 2.24) is 69.8 Å². The molecule has 5 aliphatic rings. The van der Waals surface area contributed by atoms with Gasteiger partial charge in [-0.25, -0.2) is 69.8 Å². The molecule has 0 amide bonds. The first-order chi connectivity index (χ1) is 67.7. The van der Waals surface area contributed by atoms with Crippen LogP contribution < -0.4 is 49.6 Å². The third kappa shape index (κ3) is 34.8. The molecule has 7 aromatic carbocycles. The highest BCUT2D eigenvalue weighted by Gasteiger charge is 2.33. The smallest absolute Gasteiger partial charge is 0.416 e. The second kappa shape index (κ2) is 48.9. The monoisotopic (exact) mass is 1990 g/mol. The lowest BCUT2D eigenvalue weighted by molar-refractivity contribution is -0.138. The zero-order chi connectivity index (χ0) is 101. The molecular formula is C108H120Cl3F6N21O4. The van der Waals surface area contributed by atoms with Crippen LogP contribution in [-0.2, 0) is 66.8 Å². The molecule has 3 aliphatic carbocycles. The van der Waals surface area contributed by atoms with Gasteiger partial charge in [0.1, 0.15) is 11.5 Å². The number of hydrogen-bond donors (Lipinski definition) is 7. The van der Waals surface area contributed by atoms with Gasteiger partial charge in [-0.2, -0.15) is 26.3 Å². The fourth-order valence-electron chi connectivity index (χ4n) is 15.9. The number of alkyl halides is 6. The van der Waals surface area contributed by atoms with E-state index in [1.807, 2.05) is 152 Å². The van der Waals surface area contributed by atoms with E-state index in [9.17, 15) is 26.3 Å². The van der Waals surface area contributed by atoms with Crippen molar-refractivity contribution in [2.45, 2.75) is 163 Å². The van der Waals surface area contributed by atoms with Crippen molar-refractivity contribution in [3.05, 3.63) is 278 Å². The first-order valence-corrected chi connectivity index (χ1v) is 48.3. The maximum absolute atomic E-state index is 12.8. The van der Waals surface area contributed by atoms with E-state index < -0.39 is 23.5 Å². The fraction of sp³-hybridized carbons (Fsp3) is 0.352. The number of methoxy groups -OCH3 is 2. The Morgan fingerprint density at radius 2 is 0.493 bits per heavy atom. The summed E-state index contributed by atoms with van der Waals surface area (Å²) in [6.45, 7) is 16.1. The number of rotatable bonds is 21. The maximum Gasteiger partial charge on any atom is 0.416 e. The zero-order valence-electron chi connectivity index (χ0n) is 80.8. The lowest BCUT2D eigenvalue weighted by Gasteiger charge is -2.21. The van der Waals surface area contributed by atoms with Gasteiger partial charge in [0.05, 0.1) is 65.2 Å². The first-order valence-electron chi connectivity index (χ1n) is 47.2. The van der Waals surface area contributed by atoms with Crippen molar-refractivity contribution >= 4 is 76.4 Å². The van der Waals surface area contributed by atoms with Crippen LogP contribution in [0.4, 0.5) is 68.0 Å². The van der Waals surface area contributed by atoms with E-state index in [1.54, 1.807) is 38.5 Å². The highest BCUT2D eigenvalue weighted by atomic mass is 35.5. The van der Waals surface area contributed by atoms with Crippen molar-refractivity contribution in [2.24, 2.45) is 40.4 Å². The molecule has 0 atom stereocenters. The van der Waals surface area contributed by atoms with E-state index in [2.05, 4.69) is 111 Å². The van der Waals surface area contributed by atoms with Crippen molar-refractivity contribution in [3.8, 4) is 90.3 Å². The van der Waals surface area contributed by atoms with Gasteiger partial charge in [-0.3, -0.25) is 0 Å². The molecule has 0 radical (unpaired) electrons. The van der Waals surface area contributed by atoms with Gasteiger partial charge in [0.2, 0.25) is 41.6 Å². The average molecular weight is 2000 g/mol. The molecule has 5 fully saturated rings. The number of halogens is 9. The van der Waals surface area contributed by atoms with E-state index in [0.717, 1.165) is 229 Å². The van der Waals surface area contributed by atoms with E-state index in [1.165, 1.54) is 50.7 Å².